The van der Waals surface area contributed by atoms with Crippen LogP contribution >= 0.6 is 0 Å². The van der Waals surface area contributed by atoms with E-state index in [1.165, 1.54) is 5.56 Å². The van der Waals surface area contributed by atoms with E-state index in [9.17, 15) is 0 Å². The lowest BCUT2D eigenvalue weighted by atomic mass is 10.1. The van der Waals surface area contributed by atoms with Crippen molar-refractivity contribution in [2.45, 2.75) is 32.6 Å². The van der Waals surface area contributed by atoms with E-state index >= 15 is 0 Å². The zero-order valence-corrected chi connectivity index (χ0v) is 15.9. The summed E-state index contributed by atoms with van der Waals surface area (Å²) in [5.74, 6) is 0.896. The van der Waals surface area contributed by atoms with E-state index in [1.54, 1.807) is 13.3 Å². The number of benzene rings is 1. The molecule has 2 N–H and O–H groups in total. The predicted octanol–water partition coefficient (Wildman–Crippen LogP) is 2.79. The second-order valence-electron chi connectivity index (χ2n) is 6.11. The highest BCUT2D eigenvalue weighted by Crippen LogP contribution is 2.08. The monoisotopic (exact) mass is 357 g/mol. The van der Waals surface area contributed by atoms with Crippen LogP contribution in [0.25, 0.3) is 5.69 Å². The third kappa shape index (κ3) is 7.27. The Labute approximate surface area is 156 Å². The van der Waals surface area contributed by atoms with Crippen LogP contribution in [0.4, 0.5) is 0 Å². The standard InChI is InChI=1S/C20H31N5O/c1-3-21-20(22-13-5-4-6-17-26-2)23-15-12-18-8-10-19(11-9-18)25-16-7-14-24-25/h7-11,14,16H,3-6,12-13,15,17H2,1-2H3,(H2,21,22,23). The first-order valence-corrected chi connectivity index (χ1v) is 9.43. The van der Waals surface area contributed by atoms with Crippen molar-refractivity contribution in [2.24, 2.45) is 4.99 Å². The summed E-state index contributed by atoms with van der Waals surface area (Å²) in [5, 5.41) is 11.0. The van der Waals surface area contributed by atoms with Gasteiger partial charge in [-0.3, -0.25) is 4.99 Å². The van der Waals surface area contributed by atoms with Crippen LogP contribution in [0.2, 0.25) is 0 Å². The smallest absolute Gasteiger partial charge is 0.191 e. The van der Waals surface area contributed by atoms with Crippen molar-refractivity contribution < 1.29 is 4.74 Å². The largest absolute Gasteiger partial charge is 0.385 e. The Hall–Kier alpha value is -2.34. The lowest BCUT2D eigenvalue weighted by molar-refractivity contribution is 0.192. The Bertz CT molecular complexity index is 622. The van der Waals surface area contributed by atoms with Gasteiger partial charge in [0.2, 0.25) is 0 Å². The topological polar surface area (TPSA) is 63.5 Å². The van der Waals surface area contributed by atoms with Crippen LogP contribution in [-0.2, 0) is 11.2 Å². The van der Waals surface area contributed by atoms with Gasteiger partial charge in [0.05, 0.1) is 5.69 Å². The average Bonchev–Trinajstić information content (AvgIpc) is 3.20. The maximum atomic E-state index is 5.07. The number of nitrogens with zero attached hydrogens (tertiary/aromatic N) is 3. The normalized spacial score (nSPS) is 11.5. The van der Waals surface area contributed by atoms with Gasteiger partial charge in [0.25, 0.3) is 0 Å². The molecular weight excluding hydrogens is 326 g/mol. The molecule has 1 aromatic heterocycles. The third-order valence-electron chi connectivity index (χ3n) is 4.03. The van der Waals surface area contributed by atoms with Crippen LogP contribution in [0.3, 0.4) is 0 Å². The minimum Gasteiger partial charge on any atom is -0.385 e. The van der Waals surface area contributed by atoms with Gasteiger partial charge in [0, 0.05) is 45.7 Å². The summed E-state index contributed by atoms with van der Waals surface area (Å²) in [5.41, 5.74) is 2.37. The first kappa shape index (κ1) is 20.0. The van der Waals surface area contributed by atoms with Crippen molar-refractivity contribution in [1.29, 1.82) is 0 Å². The highest BCUT2D eigenvalue weighted by atomic mass is 16.5. The molecule has 142 valence electrons. The van der Waals surface area contributed by atoms with Crippen molar-refractivity contribution in [3.05, 3.63) is 48.3 Å². The SMILES string of the molecule is CCNC(=NCCCCCOC)NCCc1ccc(-n2cccn2)cc1. The Morgan fingerprint density at radius 2 is 2.00 bits per heavy atom. The first-order valence-electron chi connectivity index (χ1n) is 9.43. The van der Waals surface area contributed by atoms with Crippen molar-refractivity contribution >= 4 is 5.96 Å². The molecule has 1 heterocycles. The second-order valence-corrected chi connectivity index (χ2v) is 6.11. The molecular formula is C20H31N5O. The molecule has 26 heavy (non-hydrogen) atoms. The number of nitrogens with one attached hydrogen (secondary N) is 2. The molecule has 0 spiro atoms. The summed E-state index contributed by atoms with van der Waals surface area (Å²) < 4.78 is 6.93. The molecule has 0 saturated carbocycles. The lowest BCUT2D eigenvalue weighted by Gasteiger charge is -2.11. The fourth-order valence-electron chi connectivity index (χ4n) is 2.63. The average molecular weight is 358 g/mol. The molecule has 6 heteroatoms. The minimum atomic E-state index is 0.835. The lowest BCUT2D eigenvalue weighted by Crippen LogP contribution is -2.38. The van der Waals surface area contributed by atoms with E-state index in [2.05, 4.69) is 51.9 Å². The molecule has 0 radical (unpaired) electrons. The predicted molar refractivity (Wildman–Crippen MR) is 107 cm³/mol. The molecule has 1 aromatic carbocycles. The van der Waals surface area contributed by atoms with Crippen molar-refractivity contribution in [1.82, 2.24) is 20.4 Å². The van der Waals surface area contributed by atoms with E-state index in [4.69, 9.17) is 4.74 Å². The summed E-state index contributed by atoms with van der Waals surface area (Å²) in [7, 11) is 1.75. The molecule has 0 amide bonds. The van der Waals surface area contributed by atoms with E-state index in [0.29, 0.717) is 0 Å². The van der Waals surface area contributed by atoms with E-state index in [-0.39, 0.29) is 0 Å². The molecule has 0 unspecified atom stereocenters. The quantitative estimate of drug-likeness (QED) is 0.369. The van der Waals surface area contributed by atoms with Gasteiger partial charge < -0.3 is 15.4 Å². The molecule has 0 fully saturated rings. The Kier molecular flexibility index (Phi) is 9.29. The number of hydrogen-bond acceptors (Lipinski definition) is 3. The highest BCUT2D eigenvalue weighted by molar-refractivity contribution is 5.79. The number of methoxy groups -OCH3 is 1. The van der Waals surface area contributed by atoms with Crippen molar-refractivity contribution in [3.8, 4) is 5.69 Å². The summed E-state index contributed by atoms with van der Waals surface area (Å²) in [6, 6.07) is 10.4. The molecule has 6 nitrogen and oxygen atoms in total. The summed E-state index contributed by atoms with van der Waals surface area (Å²) in [6.45, 7) is 5.49. The number of guanidine groups is 1. The Morgan fingerprint density at radius 1 is 1.15 bits per heavy atom. The van der Waals surface area contributed by atoms with Crippen LogP contribution in [0, 0.1) is 0 Å². The maximum absolute atomic E-state index is 5.07. The van der Waals surface area contributed by atoms with Crippen LogP contribution in [0.15, 0.2) is 47.7 Å². The van der Waals surface area contributed by atoms with Crippen LogP contribution in [0.1, 0.15) is 31.7 Å². The van der Waals surface area contributed by atoms with Crippen molar-refractivity contribution in [3.63, 3.8) is 0 Å². The van der Waals surface area contributed by atoms with E-state index in [0.717, 1.165) is 63.6 Å². The van der Waals surface area contributed by atoms with Crippen LogP contribution in [0.5, 0.6) is 0 Å². The van der Waals surface area contributed by atoms with Crippen LogP contribution in [-0.4, -0.2) is 49.1 Å². The molecule has 2 aromatic rings. The van der Waals surface area contributed by atoms with Crippen LogP contribution < -0.4 is 10.6 Å². The number of rotatable bonds is 11. The fourth-order valence-corrected chi connectivity index (χ4v) is 2.63. The maximum Gasteiger partial charge on any atom is 0.191 e. The number of hydrogen-bond donors (Lipinski definition) is 2. The first-order chi connectivity index (χ1) is 12.8. The highest BCUT2D eigenvalue weighted by Gasteiger charge is 2.00. The minimum absolute atomic E-state index is 0.835. The number of aromatic nitrogens is 2. The Morgan fingerprint density at radius 3 is 2.69 bits per heavy atom. The summed E-state index contributed by atoms with van der Waals surface area (Å²) in [4.78, 5) is 4.63. The van der Waals surface area contributed by atoms with E-state index in [1.807, 2.05) is 16.9 Å². The third-order valence-corrected chi connectivity index (χ3v) is 4.03. The van der Waals surface area contributed by atoms with Gasteiger partial charge in [-0.15, -0.1) is 0 Å². The van der Waals surface area contributed by atoms with Crippen molar-refractivity contribution in [2.75, 3.05) is 33.4 Å². The number of unbranched alkanes of at least 4 members (excludes halogenated alkanes) is 2. The zero-order chi connectivity index (χ0) is 18.5. The molecule has 0 bridgehead atoms. The molecule has 0 saturated heterocycles. The zero-order valence-electron chi connectivity index (χ0n) is 15.9. The molecule has 2 rings (SSSR count). The van der Waals surface area contributed by atoms with Gasteiger partial charge in [-0.2, -0.15) is 5.10 Å². The van der Waals surface area contributed by atoms with Gasteiger partial charge in [-0.25, -0.2) is 4.68 Å². The van der Waals surface area contributed by atoms with E-state index < -0.39 is 0 Å². The molecule has 0 aliphatic heterocycles. The van der Waals surface area contributed by atoms with Gasteiger partial charge >= 0.3 is 0 Å². The summed E-state index contributed by atoms with van der Waals surface area (Å²) in [6.07, 6.45) is 8.04. The van der Waals surface area contributed by atoms with Gasteiger partial charge in [0.15, 0.2) is 5.96 Å². The van der Waals surface area contributed by atoms with Gasteiger partial charge in [0.1, 0.15) is 0 Å². The number of ether oxygens (including phenoxy) is 1. The summed E-state index contributed by atoms with van der Waals surface area (Å²) >= 11 is 0. The van der Waals surface area contributed by atoms with Gasteiger partial charge in [-0.1, -0.05) is 12.1 Å². The van der Waals surface area contributed by atoms with Gasteiger partial charge in [-0.05, 0) is 56.4 Å². The fraction of sp³-hybridized carbons (Fsp3) is 0.500. The molecule has 0 aliphatic rings. The molecule has 0 aliphatic carbocycles. The second kappa shape index (κ2) is 12.1. The molecule has 0 atom stereocenters. The Balaban J connectivity index is 1.72. The number of aliphatic imine (C=N–C) groups is 1.